The first-order valence-corrected chi connectivity index (χ1v) is 7.09. The van der Waals surface area contributed by atoms with Crippen molar-refractivity contribution < 1.29 is 4.79 Å². The van der Waals surface area contributed by atoms with Gasteiger partial charge in [-0.1, -0.05) is 35.5 Å². The number of nitrogens with zero attached hydrogens (tertiary/aromatic N) is 3. The van der Waals surface area contributed by atoms with Gasteiger partial charge in [0.15, 0.2) is 11.4 Å². The maximum atomic E-state index is 12.2. The van der Waals surface area contributed by atoms with E-state index < -0.39 is 0 Å². The number of aryl methyl sites for hydroxylation is 1. The van der Waals surface area contributed by atoms with Gasteiger partial charge in [-0.15, -0.1) is 0 Å². The van der Waals surface area contributed by atoms with E-state index in [0.717, 1.165) is 21.7 Å². The van der Waals surface area contributed by atoms with Crippen molar-refractivity contribution in [1.82, 2.24) is 19.9 Å². The minimum atomic E-state index is 0.0879. The number of benzene rings is 1. The summed E-state index contributed by atoms with van der Waals surface area (Å²) in [6, 6.07) is 7.60. The number of nitrogens with one attached hydrogen (secondary N) is 1. The van der Waals surface area contributed by atoms with E-state index in [2.05, 4.69) is 19.9 Å². The number of fused-ring (bicyclic) bond motifs is 1. The fourth-order valence-electron chi connectivity index (χ4n) is 1.89. The standard InChI is InChI=1S/C14H12N4OS/c1-9-3-2-4-10(5-9)11(19)6-20-14-12-13(16-7-15-12)17-8-18-14/h2-5,7-8H,6H2,1H3,(H,15,16,17,18). The number of ketones is 1. The Morgan fingerprint density at radius 1 is 1.30 bits per heavy atom. The highest BCUT2D eigenvalue weighted by molar-refractivity contribution is 8.00. The second-order valence-corrected chi connectivity index (χ2v) is 5.33. The Balaban J connectivity index is 1.76. The van der Waals surface area contributed by atoms with Crippen LogP contribution in [0.25, 0.3) is 11.2 Å². The predicted octanol–water partition coefficient (Wildman–Crippen LogP) is 2.64. The smallest absolute Gasteiger partial charge is 0.181 e. The molecule has 0 radical (unpaired) electrons. The molecule has 0 aliphatic heterocycles. The number of rotatable bonds is 4. The van der Waals surface area contributed by atoms with Crippen molar-refractivity contribution in [3.63, 3.8) is 0 Å². The third-order valence-electron chi connectivity index (χ3n) is 2.87. The largest absolute Gasteiger partial charge is 0.341 e. The van der Waals surface area contributed by atoms with Gasteiger partial charge in [-0.2, -0.15) is 0 Å². The van der Waals surface area contributed by atoms with E-state index in [-0.39, 0.29) is 5.78 Å². The van der Waals surface area contributed by atoms with E-state index >= 15 is 0 Å². The van der Waals surface area contributed by atoms with Crippen LogP contribution in [0.15, 0.2) is 41.9 Å². The maximum Gasteiger partial charge on any atom is 0.181 e. The molecule has 0 saturated carbocycles. The van der Waals surface area contributed by atoms with Gasteiger partial charge in [0, 0.05) is 5.56 Å². The Kier molecular flexibility index (Phi) is 3.47. The normalized spacial score (nSPS) is 10.8. The van der Waals surface area contributed by atoms with Crippen LogP contribution in [0.1, 0.15) is 15.9 Å². The van der Waals surface area contributed by atoms with Crippen molar-refractivity contribution in [2.24, 2.45) is 0 Å². The van der Waals surface area contributed by atoms with Crippen LogP contribution in [-0.2, 0) is 0 Å². The fourth-order valence-corrected chi connectivity index (χ4v) is 2.74. The topological polar surface area (TPSA) is 71.5 Å². The van der Waals surface area contributed by atoms with Crippen LogP contribution in [0.2, 0.25) is 0 Å². The Morgan fingerprint density at radius 2 is 2.20 bits per heavy atom. The molecule has 2 heterocycles. The van der Waals surface area contributed by atoms with Crippen LogP contribution in [0.3, 0.4) is 0 Å². The SMILES string of the molecule is Cc1cccc(C(=O)CSc2ncnc3nc[nH]c23)c1. The van der Waals surface area contributed by atoms with Crippen LogP contribution in [0, 0.1) is 6.92 Å². The first-order chi connectivity index (χ1) is 9.74. The molecule has 0 spiro atoms. The molecule has 0 aliphatic rings. The van der Waals surface area contributed by atoms with Gasteiger partial charge in [0.2, 0.25) is 0 Å². The van der Waals surface area contributed by atoms with Gasteiger partial charge in [-0.05, 0) is 13.0 Å². The molecule has 1 aromatic carbocycles. The second-order valence-electron chi connectivity index (χ2n) is 4.36. The Labute approximate surface area is 119 Å². The minimum absolute atomic E-state index is 0.0879. The summed E-state index contributed by atoms with van der Waals surface area (Å²) in [6.07, 6.45) is 3.04. The summed E-state index contributed by atoms with van der Waals surface area (Å²) in [5, 5.41) is 0.744. The van der Waals surface area contributed by atoms with E-state index in [1.807, 2.05) is 31.2 Å². The van der Waals surface area contributed by atoms with Gasteiger partial charge in [-0.3, -0.25) is 4.79 Å². The number of H-pyrrole nitrogens is 1. The zero-order valence-corrected chi connectivity index (χ0v) is 11.6. The van der Waals surface area contributed by atoms with E-state index in [1.165, 1.54) is 18.1 Å². The first kappa shape index (κ1) is 12.8. The highest BCUT2D eigenvalue weighted by Gasteiger charge is 2.11. The van der Waals surface area contributed by atoms with Crippen LogP contribution < -0.4 is 0 Å². The van der Waals surface area contributed by atoms with Gasteiger partial charge >= 0.3 is 0 Å². The fraction of sp³-hybridized carbons (Fsp3) is 0.143. The average Bonchev–Trinajstić information content (AvgIpc) is 2.93. The molecular formula is C14H12N4OS. The monoisotopic (exact) mass is 284 g/mol. The van der Waals surface area contributed by atoms with E-state index in [0.29, 0.717) is 11.4 Å². The molecule has 6 heteroatoms. The molecule has 0 bridgehead atoms. The molecule has 0 saturated heterocycles. The zero-order valence-electron chi connectivity index (χ0n) is 10.8. The van der Waals surface area contributed by atoms with E-state index in [4.69, 9.17) is 0 Å². The summed E-state index contributed by atoms with van der Waals surface area (Å²) in [6.45, 7) is 1.97. The lowest BCUT2D eigenvalue weighted by Gasteiger charge is -2.02. The molecule has 1 N–H and O–H groups in total. The minimum Gasteiger partial charge on any atom is -0.341 e. The zero-order chi connectivity index (χ0) is 13.9. The van der Waals surface area contributed by atoms with Gasteiger partial charge in [-0.25, -0.2) is 15.0 Å². The van der Waals surface area contributed by atoms with Crippen molar-refractivity contribution >= 4 is 28.7 Å². The number of Topliss-reactive ketones (excluding diaryl/α,β-unsaturated/α-hetero) is 1. The molecule has 5 nitrogen and oxygen atoms in total. The van der Waals surface area contributed by atoms with Gasteiger partial charge in [0.25, 0.3) is 0 Å². The van der Waals surface area contributed by atoms with Crippen molar-refractivity contribution in [2.75, 3.05) is 5.75 Å². The summed E-state index contributed by atoms with van der Waals surface area (Å²) < 4.78 is 0. The Hall–Kier alpha value is -2.21. The van der Waals surface area contributed by atoms with Crippen molar-refractivity contribution in [1.29, 1.82) is 0 Å². The van der Waals surface area contributed by atoms with Gasteiger partial charge in [0.1, 0.15) is 16.9 Å². The number of carbonyl (C=O) groups excluding carboxylic acids is 1. The lowest BCUT2D eigenvalue weighted by Crippen LogP contribution is -2.03. The van der Waals surface area contributed by atoms with Crippen molar-refractivity contribution in [3.05, 3.63) is 48.0 Å². The molecule has 0 amide bonds. The number of aromatic amines is 1. The average molecular weight is 284 g/mol. The van der Waals surface area contributed by atoms with Crippen molar-refractivity contribution in [2.45, 2.75) is 11.9 Å². The molecular weight excluding hydrogens is 272 g/mol. The van der Waals surface area contributed by atoms with Gasteiger partial charge in [0.05, 0.1) is 12.1 Å². The number of imidazole rings is 1. The molecule has 2 aromatic heterocycles. The van der Waals surface area contributed by atoms with Crippen LogP contribution in [0.4, 0.5) is 0 Å². The second kappa shape index (κ2) is 5.42. The van der Waals surface area contributed by atoms with Gasteiger partial charge < -0.3 is 4.98 Å². The molecule has 0 aliphatic carbocycles. The Morgan fingerprint density at radius 3 is 3.05 bits per heavy atom. The highest BCUT2D eigenvalue weighted by atomic mass is 32.2. The summed E-state index contributed by atoms with van der Waals surface area (Å²) in [4.78, 5) is 27.5. The van der Waals surface area contributed by atoms with Crippen LogP contribution in [0.5, 0.6) is 0 Å². The number of hydrogen-bond donors (Lipinski definition) is 1. The van der Waals surface area contributed by atoms with Crippen molar-refractivity contribution in [3.8, 4) is 0 Å². The molecule has 3 aromatic rings. The summed E-state index contributed by atoms with van der Waals surface area (Å²) in [5.74, 6) is 0.430. The summed E-state index contributed by atoms with van der Waals surface area (Å²) in [5.41, 5.74) is 3.20. The third-order valence-corrected chi connectivity index (χ3v) is 3.86. The predicted molar refractivity (Wildman–Crippen MR) is 77.9 cm³/mol. The van der Waals surface area contributed by atoms with Crippen LogP contribution in [-0.4, -0.2) is 31.5 Å². The number of aromatic nitrogens is 4. The maximum absolute atomic E-state index is 12.2. The lowest BCUT2D eigenvalue weighted by molar-refractivity contribution is 0.102. The molecule has 0 fully saturated rings. The number of thioether (sulfide) groups is 1. The van der Waals surface area contributed by atoms with E-state index in [9.17, 15) is 4.79 Å². The molecule has 0 atom stereocenters. The highest BCUT2D eigenvalue weighted by Crippen LogP contribution is 2.22. The summed E-state index contributed by atoms with van der Waals surface area (Å²) >= 11 is 1.39. The quantitative estimate of drug-likeness (QED) is 0.453. The molecule has 100 valence electrons. The molecule has 20 heavy (non-hydrogen) atoms. The van der Waals surface area contributed by atoms with E-state index in [1.54, 1.807) is 6.33 Å². The Bertz CT molecular complexity index is 768. The van der Waals surface area contributed by atoms with Crippen LogP contribution >= 0.6 is 11.8 Å². The molecule has 3 rings (SSSR count). The third kappa shape index (κ3) is 2.55. The number of carbonyl (C=O) groups is 1. The summed E-state index contributed by atoms with van der Waals surface area (Å²) in [7, 11) is 0. The number of hydrogen-bond acceptors (Lipinski definition) is 5. The lowest BCUT2D eigenvalue weighted by atomic mass is 10.1. The molecule has 0 unspecified atom stereocenters. The first-order valence-electron chi connectivity index (χ1n) is 6.11.